The van der Waals surface area contributed by atoms with Crippen LogP contribution in [0.5, 0.6) is 0 Å². The molecule has 0 unspecified atom stereocenters. The quantitative estimate of drug-likeness (QED) is 0.749. The largest absolute Gasteiger partial charge is 0.381 e. The van der Waals surface area contributed by atoms with E-state index in [9.17, 15) is 12.8 Å². The van der Waals surface area contributed by atoms with Crippen molar-refractivity contribution in [1.82, 2.24) is 4.72 Å². The summed E-state index contributed by atoms with van der Waals surface area (Å²) < 4.78 is 44.7. The van der Waals surface area contributed by atoms with E-state index in [0.717, 1.165) is 18.7 Å². The second kappa shape index (κ2) is 6.85. The van der Waals surface area contributed by atoms with Crippen molar-refractivity contribution in [1.29, 1.82) is 0 Å². The van der Waals surface area contributed by atoms with Gasteiger partial charge in [0.05, 0.1) is 9.92 Å². The third kappa shape index (κ3) is 4.70. The SMILES string of the molecule is O=S(=O)(NCCCOCC1CC1)c1ccc(F)c(Cl)c1. The van der Waals surface area contributed by atoms with Crippen LogP contribution >= 0.6 is 11.6 Å². The van der Waals surface area contributed by atoms with E-state index in [0.29, 0.717) is 18.9 Å². The molecule has 112 valence electrons. The molecule has 0 aliphatic heterocycles. The van der Waals surface area contributed by atoms with Gasteiger partial charge in [-0.2, -0.15) is 0 Å². The van der Waals surface area contributed by atoms with Gasteiger partial charge in [-0.15, -0.1) is 0 Å². The Morgan fingerprint density at radius 3 is 2.80 bits per heavy atom. The maximum absolute atomic E-state index is 13.0. The lowest BCUT2D eigenvalue weighted by atomic mass is 10.3. The highest BCUT2D eigenvalue weighted by Gasteiger charge is 2.21. The van der Waals surface area contributed by atoms with E-state index in [1.807, 2.05) is 0 Å². The molecule has 4 nitrogen and oxygen atoms in total. The van der Waals surface area contributed by atoms with E-state index in [1.165, 1.54) is 18.9 Å². The lowest BCUT2D eigenvalue weighted by molar-refractivity contribution is 0.123. The number of hydrogen-bond donors (Lipinski definition) is 1. The number of benzene rings is 1. The summed E-state index contributed by atoms with van der Waals surface area (Å²) in [4.78, 5) is -0.0391. The van der Waals surface area contributed by atoms with Crippen LogP contribution in [0.25, 0.3) is 0 Å². The molecule has 1 N–H and O–H groups in total. The summed E-state index contributed by atoms with van der Waals surface area (Å²) in [6.07, 6.45) is 3.07. The normalized spacial score (nSPS) is 15.5. The zero-order valence-electron chi connectivity index (χ0n) is 10.9. The monoisotopic (exact) mass is 321 g/mol. The van der Waals surface area contributed by atoms with Crippen molar-refractivity contribution in [3.8, 4) is 0 Å². The van der Waals surface area contributed by atoms with E-state index < -0.39 is 15.8 Å². The summed E-state index contributed by atoms with van der Waals surface area (Å²) in [5, 5.41) is -0.208. The molecule has 1 aliphatic rings. The minimum absolute atomic E-state index is 0.0391. The first-order valence-corrected chi connectivity index (χ1v) is 8.37. The van der Waals surface area contributed by atoms with Crippen molar-refractivity contribution in [2.75, 3.05) is 19.8 Å². The fourth-order valence-electron chi connectivity index (χ4n) is 1.64. The molecule has 0 saturated heterocycles. The van der Waals surface area contributed by atoms with E-state index in [-0.39, 0.29) is 16.5 Å². The van der Waals surface area contributed by atoms with Gasteiger partial charge in [0.1, 0.15) is 5.82 Å². The molecule has 1 aromatic carbocycles. The predicted molar refractivity (Wildman–Crippen MR) is 74.8 cm³/mol. The van der Waals surface area contributed by atoms with Crippen LogP contribution in [0.3, 0.4) is 0 Å². The number of nitrogens with one attached hydrogen (secondary N) is 1. The van der Waals surface area contributed by atoms with Gasteiger partial charge >= 0.3 is 0 Å². The van der Waals surface area contributed by atoms with Gasteiger partial charge in [0.25, 0.3) is 0 Å². The molecule has 0 spiro atoms. The number of rotatable bonds is 8. The van der Waals surface area contributed by atoms with E-state index >= 15 is 0 Å². The highest BCUT2D eigenvalue weighted by Crippen LogP contribution is 2.28. The van der Waals surface area contributed by atoms with Crippen molar-refractivity contribution >= 4 is 21.6 Å². The fourth-order valence-corrected chi connectivity index (χ4v) is 2.99. The first kappa shape index (κ1) is 15.7. The van der Waals surface area contributed by atoms with E-state index in [1.54, 1.807) is 0 Å². The summed E-state index contributed by atoms with van der Waals surface area (Å²) in [6, 6.07) is 3.33. The zero-order valence-corrected chi connectivity index (χ0v) is 12.5. The minimum atomic E-state index is -3.65. The Balaban J connectivity index is 1.76. The third-order valence-electron chi connectivity index (χ3n) is 3.01. The van der Waals surface area contributed by atoms with Crippen molar-refractivity contribution in [3.63, 3.8) is 0 Å². The van der Waals surface area contributed by atoms with Gasteiger partial charge in [-0.25, -0.2) is 17.5 Å². The molecule has 20 heavy (non-hydrogen) atoms. The van der Waals surface area contributed by atoms with Crippen LogP contribution in [0, 0.1) is 11.7 Å². The van der Waals surface area contributed by atoms with Crippen molar-refractivity contribution in [2.45, 2.75) is 24.2 Å². The van der Waals surface area contributed by atoms with Gasteiger partial charge in [0, 0.05) is 19.8 Å². The van der Waals surface area contributed by atoms with Crippen LogP contribution in [-0.4, -0.2) is 28.2 Å². The summed E-state index contributed by atoms with van der Waals surface area (Å²) in [5.74, 6) is 0.0622. The van der Waals surface area contributed by atoms with Gasteiger partial charge < -0.3 is 4.74 Å². The third-order valence-corrected chi connectivity index (χ3v) is 4.76. The average Bonchev–Trinajstić information content (AvgIpc) is 3.21. The number of halogens is 2. The molecule has 1 aromatic rings. The summed E-state index contributed by atoms with van der Waals surface area (Å²) in [6.45, 7) is 1.57. The standard InChI is InChI=1S/C13H17ClFNO3S/c14-12-8-11(4-5-13(12)15)20(17,18)16-6-1-7-19-9-10-2-3-10/h4-5,8,10,16H,1-3,6-7,9H2. The Bertz CT molecular complexity index is 561. The lowest BCUT2D eigenvalue weighted by Crippen LogP contribution is -2.25. The molecule has 1 fully saturated rings. The molecule has 0 radical (unpaired) electrons. The van der Waals surface area contributed by atoms with Crippen LogP contribution in [0.1, 0.15) is 19.3 Å². The van der Waals surface area contributed by atoms with Crippen molar-refractivity contribution < 1.29 is 17.5 Å². The summed E-state index contributed by atoms with van der Waals surface area (Å²) in [7, 11) is -3.65. The fraction of sp³-hybridized carbons (Fsp3) is 0.538. The van der Waals surface area contributed by atoms with Gasteiger partial charge in [-0.3, -0.25) is 0 Å². The Morgan fingerprint density at radius 2 is 2.15 bits per heavy atom. The van der Waals surface area contributed by atoms with Crippen molar-refractivity contribution in [2.24, 2.45) is 5.92 Å². The van der Waals surface area contributed by atoms with Crippen LogP contribution < -0.4 is 4.72 Å². The number of ether oxygens (including phenoxy) is 1. The molecule has 1 aliphatic carbocycles. The zero-order chi connectivity index (χ0) is 14.6. The van der Waals surface area contributed by atoms with Gasteiger partial charge in [-0.05, 0) is 43.4 Å². The average molecular weight is 322 g/mol. The molecule has 0 amide bonds. The van der Waals surface area contributed by atoms with Crippen LogP contribution in [0.2, 0.25) is 5.02 Å². The van der Waals surface area contributed by atoms with Gasteiger partial charge in [0.2, 0.25) is 10.0 Å². The van der Waals surface area contributed by atoms with E-state index in [4.69, 9.17) is 16.3 Å². The maximum atomic E-state index is 13.0. The molecule has 0 atom stereocenters. The highest BCUT2D eigenvalue weighted by molar-refractivity contribution is 7.89. The van der Waals surface area contributed by atoms with Crippen LogP contribution in [0.15, 0.2) is 23.1 Å². The molecule has 1 saturated carbocycles. The Morgan fingerprint density at radius 1 is 1.40 bits per heavy atom. The summed E-state index contributed by atoms with van der Waals surface area (Å²) >= 11 is 5.57. The molecule has 7 heteroatoms. The first-order chi connectivity index (χ1) is 9.49. The number of sulfonamides is 1. The predicted octanol–water partition coefficient (Wildman–Crippen LogP) is 2.57. The van der Waals surface area contributed by atoms with E-state index in [2.05, 4.69) is 4.72 Å². The molecular weight excluding hydrogens is 305 g/mol. The van der Waals surface area contributed by atoms with Crippen LogP contribution in [-0.2, 0) is 14.8 Å². The highest BCUT2D eigenvalue weighted by atomic mass is 35.5. The molecule has 0 aromatic heterocycles. The Hall–Kier alpha value is -0.690. The molecule has 2 rings (SSSR count). The minimum Gasteiger partial charge on any atom is -0.381 e. The van der Waals surface area contributed by atoms with Gasteiger partial charge in [-0.1, -0.05) is 11.6 Å². The Kier molecular flexibility index (Phi) is 5.37. The lowest BCUT2D eigenvalue weighted by Gasteiger charge is -2.07. The molecular formula is C13H17ClFNO3S. The summed E-state index contributed by atoms with van der Waals surface area (Å²) in [5.41, 5.74) is 0. The second-order valence-corrected chi connectivity index (χ2v) is 7.02. The molecule has 0 heterocycles. The maximum Gasteiger partial charge on any atom is 0.240 e. The van der Waals surface area contributed by atoms with Gasteiger partial charge in [0.15, 0.2) is 0 Å². The number of hydrogen-bond acceptors (Lipinski definition) is 3. The first-order valence-electron chi connectivity index (χ1n) is 6.51. The topological polar surface area (TPSA) is 55.4 Å². The Labute approximate surface area is 123 Å². The van der Waals surface area contributed by atoms with Crippen LogP contribution in [0.4, 0.5) is 4.39 Å². The molecule has 0 bridgehead atoms. The van der Waals surface area contributed by atoms with Crippen molar-refractivity contribution in [3.05, 3.63) is 29.0 Å². The smallest absolute Gasteiger partial charge is 0.240 e. The second-order valence-electron chi connectivity index (χ2n) is 4.85.